The second-order valence-electron chi connectivity index (χ2n) is 5.98. The number of halogens is 1. The number of rotatable bonds is 6. The average molecular weight is 421 g/mol. The fourth-order valence-electron chi connectivity index (χ4n) is 2.39. The molecule has 1 heterocycles. The van der Waals surface area contributed by atoms with Crippen LogP contribution in [0.3, 0.4) is 0 Å². The first kappa shape index (κ1) is 20.8. The Morgan fingerprint density at radius 1 is 1.07 bits per heavy atom. The van der Waals surface area contributed by atoms with Crippen LogP contribution in [0.2, 0.25) is 0 Å². The lowest BCUT2D eigenvalue weighted by molar-refractivity contribution is -0.128. The minimum atomic E-state index is -0.543. The molecule has 2 N–H and O–H groups in total. The summed E-state index contributed by atoms with van der Waals surface area (Å²) >= 11 is 1.34. The fraction of sp³-hybridized carbons (Fsp3) is 0.0455. The molecule has 0 bridgehead atoms. The summed E-state index contributed by atoms with van der Waals surface area (Å²) in [5.74, 6) is -0.945. The topological polar surface area (TPSA) is 91.2 Å². The van der Waals surface area contributed by atoms with Crippen LogP contribution in [-0.2, 0) is 9.59 Å². The van der Waals surface area contributed by atoms with Crippen molar-refractivity contribution in [1.82, 2.24) is 10.9 Å². The molecule has 3 rings (SSSR count). The summed E-state index contributed by atoms with van der Waals surface area (Å²) in [6, 6.07) is 18.3. The Kier molecular flexibility index (Phi) is 6.92. The first-order valence-corrected chi connectivity index (χ1v) is 9.61. The third kappa shape index (κ3) is 5.77. The number of hydrogen-bond acceptors (Lipinski definition) is 5. The molecule has 8 heteroatoms. The van der Waals surface area contributed by atoms with Crippen molar-refractivity contribution in [3.63, 3.8) is 0 Å². The third-order valence-corrected chi connectivity index (χ3v) is 4.93. The SMILES string of the molecule is N#Cc1ccc(OCC(=O)NNC(=O)/C=C/c2ccc(-c3ccccc3F)s2)cc1. The van der Waals surface area contributed by atoms with Crippen molar-refractivity contribution in [3.05, 3.63) is 83.0 Å². The molecule has 1 aromatic heterocycles. The highest BCUT2D eigenvalue weighted by molar-refractivity contribution is 7.16. The lowest BCUT2D eigenvalue weighted by Gasteiger charge is -2.07. The van der Waals surface area contributed by atoms with E-state index in [1.807, 2.05) is 6.07 Å². The second kappa shape index (κ2) is 10.0. The summed E-state index contributed by atoms with van der Waals surface area (Å²) in [7, 11) is 0. The smallest absolute Gasteiger partial charge is 0.276 e. The molecule has 0 saturated heterocycles. The first-order chi connectivity index (χ1) is 14.5. The van der Waals surface area contributed by atoms with E-state index in [9.17, 15) is 14.0 Å². The van der Waals surface area contributed by atoms with Gasteiger partial charge in [0.1, 0.15) is 11.6 Å². The number of hydrogen-bond donors (Lipinski definition) is 2. The van der Waals surface area contributed by atoms with E-state index >= 15 is 0 Å². The predicted molar refractivity (Wildman–Crippen MR) is 112 cm³/mol. The van der Waals surface area contributed by atoms with Crippen molar-refractivity contribution in [2.24, 2.45) is 0 Å². The van der Waals surface area contributed by atoms with E-state index in [0.717, 1.165) is 9.75 Å². The summed E-state index contributed by atoms with van der Waals surface area (Å²) in [6.07, 6.45) is 2.84. The Labute approximate surface area is 176 Å². The van der Waals surface area contributed by atoms with Crippen LogP contribution >= 0.6 is 11.3 Å². The molecule has 0 radical (unpaired) electrons. The van der Waals surface area contributed by atoms with Gasteiger partial charge in [0, 0.05) is 21.4 Å². The molecule has 2 aromatic carbocycles. The summed E-state index contributed by atoms with van der Waals surface area (Å²) in [6.45, 7) is -0.299. The van der Waals surface area contributed by atoms with Crippen LogP contribution in [0.1, 0.15) is 10.4 Å². The second-order valence-corrected chi connectivity index (χ2v) is 7.09. The van der Waals surface area contributed by atoms with Crippen LogP contribution in [0.15, 0.2) is 66.7 Å². The van der Waals surface area contributed by atoms with Gasteiger partial charge < -0.3 is 4.74 Å². The quantitative estimate of drug-likeness (QED) is 0.469. The number of ether oxygens (including phenoxy) is 1. The van der Waals surface area contributed by atoms with Gasteiger partial charge in [-0.05, 0) is 48.5 Å². The van der Waals surface area contributed by atoms with Gasteiger partial charge in [-0.3, -0.25) is 20.4 Å². The molecule has 0 spiro atoms. The molecule has 2 amide bonds. The number of thiophene rings is 1. The molecule has 6 nitrogen and oxygen atoms in total. The van der Waals surface area contributed by atoms with Crippen LogP contribution in [0.4, 0.5) is 4.39 Å². The first-order valence-electron chi connectivity index (χ1n) is 8.80. The molecule has 0 saturated carbocycles. The maximum Gasteiger partial charge on any atom is 0.276 e. The van der Waals surface area contributed by atoms with Gasteiger partial charge in [-0.15, -0.1) is 11.3 Å². The van der Waals surface area contributed by atoms with Gasteiger partial charge in [-0.1, -0.05) is 18.2 Å². The summed E-state index contributed by atoms with van der Waals surface area (Å²) in [5, 5.41) is 8.73. The molecule has 0 fully saturated rings. The summed E-state index contributed by atoms with van der Waals surface area (Å²) < 4.78 is 19.1. The van der Waals surface area contributed by atoms with Gasteiger partial charge in [0.2, 0.25) is 0 Å². The molecular weight excluding hydrogens is 405 g/mol. The van der Waals surface area contributed by atoms with Crippen molar-refractivity contribution in [3.8, 4) is 22.3 Å². The molecule has 0 atom stereocenters. The number of nitrogens with zero attached hydrogens (tertiary/aromatic N) is 1. The van der Waals surface area contributed by atoms with E-state index < -0.39 is 11.8 Å². The molecule has 3 aromatic rings. The van der Waals surface area contributed by atoms with Gasteiger partial charge in [-0.2, -0.15) is 5.26 Å². The minimum Gasteiger partial charge on any atom is -0.484 e. The standard InChI is InChI=1S/C22H16FN3O3S/c23-19-4-2-1-3-18(19)20-11-9-17(30-20)10-12-21(27)25-26-22(28)14-29-16-7-5-15(13-24)6-8-16/h1-12H,14H2,(H,25,27)(H,26,28)/b12-10+. The van der Waals surface area contributed by atoms with Crippen LogP contribution in [0.25, 0.3) is 16.5 Å². The van der Waals surface area contributed by atoms with Gasteiger partial charge >= 0.3 is 0 Å². The Bertz CT molecular complexity index is 1120. The Morgan fingerprint density at radius 2 is 1.83 bits per heavy atom. The van der Waals surface area contributed by atoms with Gasteiger partial charge in [0.05, 0.1) is 11.6 Å². The molecule has 0 aliphatic carbocycles. The van der Waals surface area contributed by atoms with Crippen LogP contribution in [-0.4, -0.2) is 18.4 Å². The van der Waals surface area contributed by atoms with Crippen LogP contribution < -0.4 is 15.6 Å². The number of amides is 2. The molecule has 0 unspecified atom stereocenters. The van der Waals surface area contributed by atoms with Gasteiger partial charge in [0.25, 0.3) is 11.8 Å². The van der Waals surface area contributed by atoms with E-state index in [2.05, 4.69) is 10.9 Å². The molecule has 0 aliphatic heterocycles. The monoisotopic (exact) mass is 421 g/mol. The van der Waals surface area contributed by atoms with E-state index in [0.29, 0.717) is 16.9 Å². The number of carbonyl (C=O) groups excluding carboxylic acids is 2. The van der Waals surface area contributed by atoms with Crippen molar-refractivity contribution in [2.45, 2.75) is 0 Å². The van der Waals surface area contributed by atoms with E-state index in [4.69, 9.17) is 10.00 Å². The lowest BCUT2D eigenvalue weighted by atomic mass is 10.2. The minimum absolute atomic E-state index is 0.299. The highest BCUT2D eigenvalue weighted by Gasteiger charge is 2.07. The molecule has 150 valence electrons. The zero-order chi connectivity index (χ0) is 21.3. The van der Waals surface area contributed by atoms with Gasteiger partial charge in [0.15, 0.2) is 6.61 Å². The van der Waals surface area contributed by atoms with Crippen molar-refractivity contribution >= 4 is 29.2 Å². The van der Waals surface area contributed by atoms with Crippen molar-refractivity contribution < 1.29 is 18.7 Å². The zero-order valence-corrected chi connectivity index (χ0v) is 16.4. The van der Waals surface area contributed by atoms with E-state index in [1.54, 1.807) is 60.7 Å². The third-order valence-electron chi connectivity index (χ3n) is 3.84. The summed E-state index contributed by atoms with van der Waals surface area (Å²) in [4.78, 5) is 25.1. The van der Waals surface area contributed by atoms with E-state index in [1.165, 1.54) is 23.5 Å². The fourth-order valence-corrected chi connectivity index (χ4v) is 3.33. The van der Waals surface area contributed by atoms with Crippen LogP contribution in [0, 0.1) is 17.1 Å². The van der Waals surface area contributed by atoms with E-state index in [-0.39, 0.29) is 12.4 Å². The molecule has 0 aliphatic rings. The number of hydrazine groups is 1. The largest absolute Gasteiger partial charge is 0.484 e. The normalized spacial score (nSPS) is 10.4. The molecule has 30 heavy (non-hydrogen) atoms. The zero-order valence-electron chi connectivity index (χ0n) is 15.6. The van der Waals surface area contributed by atoms with Gasteiger partial charge in [-0.25, -0.2) is 4.39 Å². The predicted octanol–water partition coefficient (Wildman–Crippen LogP) is 3.67. The number of nitriles is 1. The lowest BCUT2D eigenvalue weighted by Crippen LogP contribution is -2.43. The Hall–Kier alpha value is -3.96. The van der Waals surface area contributed by atoms with Crippen molar-refractivity contribution in [1.29, 1.82) is 5.26 Å². The maximum atomic E-state index is 13.8. The maximum absolute atomic E-state index is 13.8. The van der Waals surface area contributed by atoms with Crippen molar-refractivity contribution in [2.75, 3.05) is 6.61 Å². The highest BCUT2D eigenvalue weighted by Crippen LogP contribution is 2.30. The Balaban J connectivity index is 1.45. The number of benzene rings is 2. The number of carbonyl (C=O) groups is 2. The highest BCUT2D eigenvalue weighted by atomic mass is 32.1. The summed E-state index contributed by atoms with van der Waals surface area (Å²) in [5.41, 5.74) is 5.47. The number of nitrogens with one attached hydrogen (secondary N) is 2. The molecular formula is C22H16FN3O3S. The Morgan fingerprint density at radius 3 is 2.57 bits per heavy atom. The van der Waals surface area contributed by atoms with Crippen LogP contribution in [0.5, 0.6) is 5.75 Å². The average Bonchev–Trinajstić information content (AvgIpc) is 3.24.